The molecule has 1 fully saturated rings. The predicted octanol–water partition coefficient (Wildman–Crippen LogP) is 8.20. The first-order chi connectivity index (χ1) is 23.4. The summed E-state index contributed by atoms with van der Waals surface area (Å²) in [4.78, 5) is 36.0. The number of benzene rings is 1. The van der Waals surface area contributed by atoms with Crippen molar-refractivity contribution in [1.29, 1.82) is 0 Å². The largest absolute Gasteiger partial charge is 0.489 e. The van der Waals surface area contributed by atoms with Crippen molar-refractivity contribution in [3.05, 3.63) is 77.4 Å². The zero-order valence-corrected chi connectivity index (χ0v) is 32.0. The van der Waals surface area contributed by atoms with Crippen LogP contribution in [-0.4, -0.2) is 55.3 Å². The van der Waals surface area contributed by atoms with Crippen LogP contribution in [0.4, 0.5) is 15.0 Å². The second-order valence-corrected chi connectivity index (χ2v) is 16.0. The summed E-state index contributed by atoms with van der Waals surface area (Å²) in [5, 5.41) is 3.33. The summed E-state index contributed by atoms with van der Waals surface area (Å²) in [5.41, 5.74) is -0.134. The zero-order valence-electron chi connectivity index (χ0n) is 31.2. The van der Waals surface area contributed by atoms with Crippen molar-refractivity contribution in [2.45, 2.75) is 117 Å². The third-order valence-electron chi connectivity index (χ3n) is 7.93. The second kappa shape index (κ2) is 17.2. The molecule has 1 saturated heterocycles. The standard InChI is InChI=1S/C36H48FN5O5S.C2H6/c1-34(2,3)28-17-16-27(31(37)39-28)32(43)41-48(45)30-20-26(46-23-24-13-10-9-11-14-24)19-29(40-30)38-18-12-15-25-21-36(7,8)42(22-25)33(44)47-35(4,5)6;1-2/h9-11,13-14,16-17,19-20,25H,12,15,18,21-23H2,1-8H3,(H,38,40)(H,41,43);1-2H3. The van der Waals surface area contributed by atoms with Gasteiger partial charge in [0.2, 0.25) is 5.95 Å². The number of carbonyl (C=O) groups excluding carboxylic acids is 2. The lowest BCUT2D eigenvalue weighted by Gasteiger charge is -2.33. The van der Waals surface area contributed by atoms with Crippen LogP contribution in [0.2, 0.25) is 0 Å². The van der Waals surface area contributed by atoms with E-state index in [1.165, 1.54) is 12.1 Å². The normalized spacial score (nSPS) is 16.1. The Morgan fingerprint density at radius 3 is 2.32 bits per heavy atom. The fourth-order valence-electron chi connectivity index (χ4n) is 5.53. The topological polar surface area (TPSA) is 123 Å². The average Bonchev–Trinajstić information content (AvgIpc) is 3.36. The number of nitrogens with one attached hydrogen (secondary N) is 2. The number of rotatable bonds is 11. The smallest absolute Gasteiger partial charge is 0.410 e. The van der Waals surface area contributed by atoms with E-state index in [4.69, 9.17) is 9.47 Å². The highest BCUT2D eigenvalue weighted by molar-refractivity contribution is 7.83. The van der Waals surface area contributed by atoms with Gasteiger partial charge in [-0.25, -0.2) is 19.0 Å². The lowest BCUT2D eigenvalue weighted by atomic mass is 9.91. The van der Waals surface area contributed by atoms with Crippen molar-refractivity contribution >= 4 is 28.8 Å². The molecule has 2 amide bonds. The summed E-state index contributed by atoms with van der Waals surface area (Å²) in [5.74, 6) is -0.671. The number of aromatic nitrogens is 2. The van der Waals surface area contributed by atoms with Gasteiger partial charge in [0.15, 0.2) is 16.0 Å². The van der Waals surface area contributed by atoms with Crippen LogP contribution in [0.3, 0.4) is 0 Å². The number of amides is 2. The molecule has 274 valence electrons. The van der Waals surface area contributed by atoms with Gasteiger partial charge in [-0.3, -0.25) is 9.52 Å². The summed E-state index contributed by atoms with van der Waals surface area (Å²) in [6.45, 7) is 20.9. The molecule has 0 radical (unpaired) electrons. The first-order valence-electron chi connectivity index (χ1n) is 17.2. The van der Waals surface area contributed by atoms with Gasteiger partial charge >= 0.3 is 6.09 Å². The molecule has 3 aromatic rings. The van der Waals surface area contributed by atoms with Crippen molar-refractivity contribution in [3.8, 4) is 5.75 Å². The maximum absolute atomic E-state index is 14.8. The fraction of sp³-hybridized carbons (Fsp3) is 0.526. The van der Waals surface area contributed by atoms with Gasteiger partial charge in [-0.15, -0.1) is 0 Å². The van der Waals surface area contributed by atoms with Crippen LogP contribution >= 0.6 is 0 Å². The van der Waals surface area contributed by atoms with Gasteiger partial charge in [0.1, 0.15) is 23.8 Å². The van der Waals surface area contributed by atoms with Crippen LogP contribution in [-0.2, 0) is 27.7 Å². The Kier molecular flexibility index (Phi) is 13.9. The van der Waals surface area contributed by atoms with Gasteiger partial charge < -0.3 is 19.7 Å². The van der Waals surface area contributed by atoms with E-state index >= 15 is 0 Å². The van der Waals surface area contributed by atoms with Gasteiger partial charge in [0.25, 0.3) is 5.91 Å². The monoisotopic (exact) mass is 711 g/mol. The number of carbonyl (C=O) groups is 2. The molecule has 1 aromatic carbocycles. The predicted molar refractivity (Wildman–Crippen MR) is 196 cm³/mol. The van der Waals surface area contributed by atoms with E-state index in [1.54, 1.807) is 12.1 Å². The number of hydrogen-bond donors (Lipinski definition) is 2. The van der Waals surface area contributed by atoms with E-state index in [2.05, 4.69) is 33.9 Å². The molecule has 12 heteroatoms. The third kappa shape index (κ3) is 11.8. The Bertz CT molecular complexity index is 1620. The molecule has 0 saturated carbocycles. The van der Waals surface area contributed by atoms with Gasteiger partial charge in [-0.2, -0.15) is 4.39 Å². The molecular weight excluding hydrogens is 658 g/mol. The zero-order chi connectivity index (χ0) is 37.3. The molecule has 4 rings (SSSR count). The van der Waals surface area contributed by atoms with E-state index in [-0.39, 0.29) is 28.8 Å². The maximum atomic E-state index is 14.8. The van der Waals surface area contributed by atoms with E-state index in [0.717, 1.165) is 24.8 Å². The van der Waals surface area contributed by atoms with Crippen LogP contribution in [0.25, 0.3) is 0 Å². The highest BCUT2D eigenvalue weighted by Gasteiger charge is 2.42. The van der Waals surface area contributed by atoms with Crippen LogP contribution in [0, 0.1) is 11.9 Å². The van der Waals surface area contributed by atoms with Gasteiger partial charge in [-0.05, 0) is 77.5 Å². The molecule has 0 aliphatic carbocycles. The molecule has 50 heavy (non-hydrogen) atoms. The number of anilines is 1. The molecule has 10 nitrogen and oxygen atoms in total. The number of nitrogens with zero attached hydrogens (tertiary/aromatic N) is 3. The molecule has 2 N–H and O–H groups in total. The number of hydrogen-bond acceptors (Lipinski definition) is 8. The molecule has 1 aliphatic heterocycles. The molecular formula is C38H54FN5O5S. The van der Waals surface area contributed by atoms with E-state index < -0.39 is 33.9 Å². The molecule has 2 aromatic heterocycles. The fourth-order valence-corrected chi connectivity index (χ4v) is 6.32. The van der Waals surface area contributed by atoms with Crippen LogP contribution in [0.15, 0.2) is 59.6 Å². The number of ether oxygens (including phenoxy) is 2. The van der Waals surface area contributed by atoms with Gasteiger partial charge in [0.05, 0.1) is 5.56 Å². The number of halogens is 1. The SMILES string of the molecule is CC.CC(C)(C)OC(=O)N1CC(CCCNc2cc(OCc3ccccc3)cc(S(=O)NC(=O)c3ccc(C(C)(C)C)nc3F)n2)CC1(C)C. The summed E-state index contributed by atoms with van der Waals surface area (Å²) in [6.07, 6.45) is 2.25. The van der Waals surface area contributed by atoms with Crippen molar-refractivity contribution in [3.63, 3.8) is 0 Å². The average molecular weight is 712 g/mol. The van der Waals surface area contributed by atoms with E-state index in [0.29, 0.717) is 36.3 Å². The highest BCUT2D eigenvalue weighted by Crippen LogP contribution is 2.36. The Hall–Kier alpha value is -4.06. The third-order valence-corrected chi connectivity index (χ3v) is 8.89. The van der Waals surface area contributed by atoms with E-state index in [9.17, 15) is 18.2 Å². The molecule has 0 bridgehead atoms. The number of likely N-dealkylation sites (tertiary alicyclic amines) is 1. The maximum Gasteiger partial charge on any atom is 0.410 e. The highest BCUT2D eigenvalue weighted by atomic mass is 32.2. The first kappa shape index (κ1) is 40.4. The summed E-state index contributed by atoms with van der Waals surface area (Å²) in [7, 11) is -2.12. The van der Waals surface area contributed by atoms with E-state index in [1.807, 2.05) is 90.6 Å². The Labute approximate surface area is 299 Å². The van der Waals surface area contributed by atoms with Crippen molar-refractivity contribution in [2.75, 3.05) is 18.4 Å². The molecule has 3 heterocycles. The molecule has 2 unspecified atom stereocenters. The summed E-state index contributed by atoms with van der Waals surface area (Å²) < 4.78 is 42.1. The van der Waals surface area contributed by atoms with Crippen LogP contribution in [0.1, 0.15) is 110 Å². The first-order valence-corrected chi connectivity index (χ1v) is 18.4. The quantitative estimate of drug-likeness (QED) is 0.151. The summed E-state index contributed by atoms with van der Waals surface area (Å²) >= 11 is 0. The molecule has 2 atom stereocenters. The minimum Gasteiger partial charge on any atom is -0.489 e. The van der Waals surface area contributed by atoms with Crippen molar-refractivity contribution in [2.24, 2.45) is 5.92 Å². The Morgan fingerprint density at radius 1 is 1.02 bits per heavy atom. The molecule has 0 spiro atoms. The minimum absolute atomic E-state index is 0.0432. The Balaban J connectivity index is 0.00000332. The second-order valence-electron chi connectivity index (χ2n) is 14.8. The van der Waals surface area contributed by atoms with Crippen molar-refractivity contribution in [1.82, 2.24) is 19.6 Å². The lowest BCUT2D eigenvalue weighted by Crippen LogP contribution is -2.45. The summed E-state index contributed by atoms with van der Waals surface area (Å²) in [6, 6.07) is 15.7. The minimum atomic E-state index is -2.12. The Morgan fingerprint density at radius 2 is 1.70 bits per heavy atom. The lowest BCUT2D eigenvalue weighted by molar-refractivity contribution is 0.0130. The number of pyridine rings is 2. The van der Waals surface area contributed by atoms with Gasteiger partial charge in [-0.1, -0.05) is 65.0 Å². The van der Waals surface area contributed by atoms with Crippen LogP contribution < -0.4 is 14.8 Å². The van der Waals surface area contributed by atoms with Crippen LogP contribution in [0.5, 0.6) is 5.75 Å². The van der Waals surface area contributed by atoms with Gasteiger partial charge in [0, 0.05) is 41.9 Å². The van der Waals surface area contributed by atoms with Crippen molar-refractivity contribution < 1.29 is 27.7 Å². The molecule has 1 aliphatic rings.